The van der Waals surface area contributed by atoms with Gasteiger partial charge in [0.15, 0.2) is 0 Å². The van der Waals surface area contributed by atoms with Gasteiger partial charge in [-0.3, -0.25) is 0 Å². The van der Waals surface area contributed by atoms with Crippen LogP contribution in [0.4, 0.5) is 10.5 Å². The minimum Gasteiger partial charge on any atom is -0.445 e. The van der Waals surface area contributed by atoms with Crippen molar-refractivity contribution in [3.8, 4) is 0 Å². The molecule has 0 radical (unpaired) electrons. The van der Waals surface area contributed by atoms with Crippen molar-refractivity contribution in [2.75, 3.05) is 5.32 Å². The summed E-state index contributed by atoms with van der Waals surface area (Å²) in [5.41, 5.74) is 3.55. The summed E-state index contributed by atoms with van der Waals surface area (Å²) in [6, 6.07) is 19.0. The van der Waals surface area contributed by atoms with E-state index in [0.717, 1.165) is 30.5 Å². The molecule has 0 saturated heterocycles. The highest BCUT2D eigenvalue weighted by molar-refractivity contribution is 5.67. The molecule has 1 amide bonds. The maximum atomic E-state index is 11.9. The Hall–Kier alpha value is -2.49. The molecule has 0 unspecified atom stereocenters. The number of benzene rings is 2. The second-order valence-corrected chi connectivity index (χ2v) is 7.02. The number of aryl methyl sites for hydroxylation is 1. The van der Waals surface area contributed by atoms with Gasteiger partial charge in [0, 0.05) is 17.8 Å². The van der Waals surface area contributed by atoms with E-state index in [2.05, 4.69) is 41.8 Å². The molecule has 0 aliphatic heterocycles. The van der Waals surface area contributed by atoms with Gasteiger partial charge in [0.1, 0.15) is 6.61 Å². The maximum absolute atomic E-state index is 11.9. The van der Waals surface area contributed by atoms with Gasteiger partial charge >= 0.3 is 6.09 Å². The van der Waals surface area contributed by atoms with Gasteiger partial charge in [0.25, 0.3) is 0 Å². The number of hydrogen-bond donors (Lipinski definition) is 2. The van der Waals surface area contributed by atoms with Crippen LogP contribution in [-0.2, 0) is 17.8 Å². The predicted octanol–water partition coefficient (Wildman–Crippen LogP) is 4.90. The zero-order chi connectivity index (χ0) is 18.2. The first-order valence-corrected chi connectivity index (χ1v) is 9.55. The molecule has 2 aromatic rings. The topological polar surface area (TPSA) is 50.4 Å². The minimum absolute atomic E-state index is 0.194. The fourth-order valence-electron chi connectivity index (χ4n) is 3.17. The van der Waals surface area contributed by atoms with Crippen molar-refractivity contribution in [3.63, 3.8) is 0 Å². The van der Waals surface area contributed by atoms with Crippen LogP contribution in [0.15, 0.2) is 54.6 Å². The van der Waals surface area contributed by atoms with Gasteiger partial charge in [-0.15, -0.1) is 0 Å². The van der Waals surface area contributed by atoms with Gasteiger partial charge in [0.05, 0.1) is 0 Å². The van der Waals surface area contributed by atoms with Gasteiger partial charge < -0.3 is 15.4 Å². The van der Waals surface area contributed by atoms with Gasteiger partial charge in [-0.25, -0.2) is 4.79 Å². The number of carbonyl (C=O) groups excluding carboxylic acids is 1. The third-order valence-corrected chi connectivity index (χ3v) is 4.82. The summed E-state index contributed by atoms with van der Waals surface area (Å²) in [5.74, 6) is 0. The Morgan fingerprint density at radius 1 is 1.00 bits per heavy atom. The number of nitrogens with one attached hydrogen (secondary N) is 2. The number of alkyl carbamates (subject to hydrolysis) is 1. The first-order chi connectivity index (χ1) is 12.7. The Bertz CT molecular complexity index is 679. The van der Waals surface area contributed by atoms with Crippen molar-refractivity contribution >= 4 is 11.8 Å². The number of anilines is 1. The number of hydrogen-bond acceptors (Lipinski definition) is 3. The van der Waals surface area contributed by atoms with Crippen molar-refractivity contribution in [1.29, 1.82) is 0 Å². The Labute approximate surface area is 156 Å². The van der Waals surface area contributed by atoms with Crippen molar-refractivity contribution in [1.82, 2.24) is 5.32 Å². The average molecular weight is 352 g/mol. The van der Waals surface area contributed by atoms with E-state index in [0.29, 0.717) is 12.6 Å². The van der Waals surface area contributed by atoms with Crippen molar-refractivity contribution in [2.24, 2.45) is 0 Å². The van der Waals surface area contributed by atoms with Gasteiger partial charge in [-0.1, -0.05) is 55.8 Å². The molecule has 0 heterocycles. The van der Waals surface area contributed by atoms with E-state index in [-0.39, 0.29) is 12.1 Å². The molecule has 4 heteroatoms. The van der Waals surface area contributed by atoms with Crippen LogP contribution in [0.2, 0.25) is 0 Å². The third-order valence-electron chi connectivity index (χ3n) is 4.82. The summed E-state index contributed by atoms with van der Waals surface area (Å²) in [7, 11) is 0. The molecule has 0 aromatic heterocycles. The van der Waals surface area contributed by atoms with Crippen LogP contribution >= 0.6 is 0 Å². The van der Waals surface area contributed by atoms with E-state index in [4.69, 9.17) is 4.74 Å². The van der Waals surface area contributed by atoms with E-state index in [1.165, 1.54) is 18.4 Å². The number of unbranched alkanes of at least 4 members (excludes halogenated alkanes) is 1. The zero-order valence-corrected chi connectivity index (χ0v) is 15.4. The van der Waals surface area contributed by atoms with Gasteiger partial charge in [0.2, 0.25) is 0 Å². The highest BCUT2D eigenvalue weighted by Crippen LogP contribution is 2.25. The smallest absolute Gasteiger partial charge is 0.407 e. The van der Waals surface area contributed by atoms with E-state index >= 15 is 0 Å². The average Bonchev–Trinajstić information content (AvgIpc) is 2.65. The standard InChI is InChI=1S/C22H28N2O2/c1-2-3-7-17-10-12-19(13-11-17)23-20-14-21(15-20)24-22(25)26-16-18-8-5-4-6-9-18/h4-6,8-13,20-21,23H,2-3,7,14-16H2,1H3,(H,24,25). The van der Waals surface area contributed by atoms with Crippen LogP contribution in [-0.4, -0.2) is 18.2 Å². The first-order valence-electron chi connectivity index (χ1n) is 9.55. The van der Waals surface area contributed by atoms with Crippen molar-refractivity contribution in [2.45, 2.75) is 57.7 Å². The summed E-state index contributed by atoms with van der Waals surface area (Å²) in [4.78, 5) is 11.9. The molecule has 4 nitrogen and oxygen atoms in total. The van der Waals surface area contributed by atoms with E-state index < -0.39 is 0 Å². The number of ether oxygens (including phenoxy) is 1. The predicted molar refractivity (Wildman–Crippen MR) is 105 cm³/mol. The Balaban J connectivity index is 1.33. The normalized spacial score (nSPS) is 18.7. The third kappa shape index (κ3) is 5.51. The Kier molecular flexibility index (Phi) is 6.53. The van der Waals surface area contributed by atoms with Crippen LogP contribution in [0.1, 0.15) is 43.7 Å². The molecule has 2 N–H and O–H groups in total. The van der Waals surface area contributed by atoms with Crippen LogP contribution in [0.5, 0.6) is 0 Å². The van der Waals surface area contributed by atoms with E-state index in [1.54, 1.807) is 0 Å². The second-order valence-electron chi connectivity index (χ2n) is 7.02. The van der Waals surface area contributed by atoms with Crippen molar-refractivity contribution in [3.05, 3.63) is 65.7 Å². The number of carbonyl (C=O) groups is 1. The van der Waals surface area contributed by atoms with Crippen molar-refractivity contribution < 1.29 is 9.53 Å². The zero-order valence-electron chi connectivity index (χ0n) is 15.4. The minimum atomic E-state index is -0.336. The molecule has 1 aliphatic carbocycles. The Morgan fingerprint density at radius 2 is 1.73 bits per heavy atom. The summed E-state index contributed by atoms with van der Waals surface area (Å²) in [5, 5.41) is 6.46. The molecular weight excluding hydrogens is 324 g/mol. The molecular formula is C22H28N2O2. The molecule has 2 aromatic carbocycles. The molecule has 1 saturated carbocycles. The molecule has 26 heavy (non-hydrogen) atoms. The monoisotopic (exact) mass is 352 g/mol. The largest absolute Gasteiger partial charge is 0.445 e. The highest BCUT2D eigenvalue weighted by Gasteiger charge is 2.30. The summed E-state index contributed by atoms with van der Waals surface area (Å²) < 4.78 is 5.26. The van der Waals surface area contributed by atoms with Crippen LogP contribution in [0.3, 0.4) is 0 Å². The summed E-state index contributed by atoms with van der Waals surface area (Å²) in [6.45, 7) is 2.53. The van der Waals surface area contributed by atoms with Crippen LogP contribution in [0.25, 0.3) is 0 Å². The molecule has 138 valence electrons. The lowest BCUT2D eigenvalue weighted by Crippen LogP contribution is -2.49. The second kappa shape index (κ2) is 9.27. The molecule has 0 atom stereocenters. The Morgan fingerprint density at radius 3 is 2.42 bits per heavy atom. The van der Waals surface area contributed by atoms with E-state index in [1.807, 2.05) is 30.3 Å². The summed E-state index contributed by atoms with van der Waals surface area (Å²) >= 11 is 0. The molecule has 3 rings (SSSR count). The molecule has 0 bridgehead atoms. The SMILES string of the molecule is CCCCc1ccc(NC2CC(NC(=O)OCc3ccccc3)C2)cc1. The highest BCUT2D eigenvalue weighted by atomic mass is 16.5. The molecule has 1 aliphatic rings. The van der Waals surface area contributed by atoms with Crippen LogP contribution in [0, 0.1) is 0 Å². The lowest BCUT2D eigenvalue weighted by Gasteiger charge is -2.36. The van der Waals surface area contributed by atoms with E-state index in [9.17, 15) is 4.79 Å². The van der Waals surface area contributed by atoms with Gasteiger partial charge in [-0.2, -0.15) is 0 Å². The van der Waals surface area contributed by atoms with Gasteiger partial charge in [-0.05, 0) is 48.9 Å². The number of amides is 1. The summed E-state index contributed by atoms with van der Waals surface area (Å²) in [6.07, 6.45) is 5.14. The molecule has 0 spiro atoms. The van der Waals surface area contributed by atoms with Crippen LogP contribution < -0.4 is 10.6 Å². The lowest BCUT2D eigenvalue weighted by molar-refractivity contribution is 0.129. The first kappa shape index (κ1) is 18.3. The number of rotatable bonds is 8. The lowest BCUT2D eigenvalue weighted by atomic mass is 9.86. The fraction of sp³-hybridized carbons (Fsp3) is 0.409. The molecule has 1 fully saturated rings. The quantitative estimate of drug-likeness (QED) is 0.710. The maximum Gasteiger partial charge on any atom is 0.407 e. The fourth-order valence-corrected chi connectivity index (χ4v) is 3.17.